The largest absolute Gasteiger partial charge is 0.341 e. The number of aromatic nitrogens is 2. The molecule has 0 saturated carbocycles. The van der Waals surface area contributed by atoms with Crippen LogP contribution in [-0.2, 0) is 13.0 Å². The lowest BCUT2D eigenvalue weighted by Crippen LogP contribution is -2.18. The Morgan fingerprint density at radius 2 is 2.00 bits per heavy atom. The number of thiophene rings is 1. The summed E-state index contributed by atoms with van der Waals surface area (Å²) in [7, 11) is 0. The van der Waals surface area contributed by atoms with Crippen LogP contribution in [0, 0.1) is 0 Å². The molecule has 3 aromatic rings. The molecule has 1 aromatic carbocycles. The number of fused-ring (bicyclic) bond motifs is 1. The number of benzene rings is 1. The fraction of sp³-hybridized carbons (Fsp3) is 0.312. The third kappa shape index (κ3) is 2.76. The average molecular weight is 285 g/mol. The number of aromatic amines is 1. The maximum absolute atomic E-state index is 4.63. The van der Waals surface area contributed by atoms with Gasteiger partial charge in [0.1, 0.15) is 5.82 Å². The molecule has 1 unspecified atom stereocenters. The Morgan fingerprint density at radius 1 is 1.20 bits per heavy atom. The second kappa shape index (κ2) is 5.77. The van der Waals surface area contributed by atoms with Gasteiger partial charge < -0.3 is 10.3 Å². The van der Waals surface area contributed by atoms with E-state index in [1.165, 1.54) is 9.75 Å². The molecule has 2 aromatic heterocycles. The molecule has 104 valence electrons. The van der Waals surface area contributed by atoms with Gasteiger partial charge in [-0.1, -0.05) is 19.1 Å². The first-order valence-electron chi connectivity index (χ1n) is 7.02. The van der Waals surface area contributed by atoms with Gasteiger partial charge in [0.2, 0.25) is 0 Å². The van der Waals surface area contributed by atoms with Crippen LogP contribution < -0.4 is 5.32 Å². The van der Waals surface area contributed by atoms with Crippen LogP contribution in [0.5, 0.6) is 0 Å². The lowest BCUT2D eigenvalue weighted by Gasteiger charge is -2.09. The molecule has 0 saturated heterocycles. The Hall–Kier alpha value is -1.65. The van der Waals surface area contributed by atoms with Gasteiger partial charge in [-0.05, 0) is 37.6 Å². The fourth-order valence-electron chi connectivity index (χ4n) is 2.24. The second-order valence-corrected chi connectivity index (χ2v) is 6.22. The Kier molecular flexibility index (Phi) is 3.85. The zero-order valence-electron chi connectivity index (χ0n) is 11.8. The summed E-state index contributed by atoms with van der Waals surface area (Å²) in [6.45, 7) is 5.23. The zero-order chi connectivity index (χ0) is 13.9. The second-order valence-electron chi connectivity index (χ2n) is 4.96. The quantitative estimate of drug-likeness (QED) is 0.743. The van der Waals surface area contributed by atoms with Gasteiger partial charge in [-0.3, -0.25) is 0 Å². The molecule has 0 aliphatic carbocycles. The van der Waals surface area contributed by atoms with Gasteiger partial charge in [-0.15, -0.1) is 11.3 Å². The topological polar surface area (TPSA) is 40.7 Å². The molecule has 0 aliphatic heterocycles. The summed E-state index contributed by atoms with van der Waals surface area (Å²) in [5, 5.41) is 3.53. The highest BCUT2D eigenvalue weighted by Gasteiger charge is 2.10. The fourth-order valence-corrected chi connectivity index (χ4v) is 3.14. The molecule has 4 heteroatoms. The van der Waals surface area contributed by atoms with Crippen LogP contribution in [0.2, 0.25) is 0 Å². The first-order chi connectivity index (χ1) is 9.76. The van der Waals surface area contributed by atoms with Gasteiger partial charge in [0.25, 0.3) is 0 Å². The maximum atomic E-state index is 4.63. The molecule has 2 N–H and O–H groups in total. The molecular weight excluding hydrogens is 266 g/mol. The van der Waals surface area contributed by atoms with Gasteiger partial charge in [0, 0.05) is 16.3 Å². The van der Waals surface area contributed by atoms with E-state index < -0.39 is 0 Å². The molecule has 0 bridgehead atoms. The molecule has 3 nitrogen and oxygen atoms in total. The molecule has 20 heavy (non-hydrogen) atoms. The zero-order valence-corrected chi connectivity index (χ0v) is 12.6. The van der Waals surface area contributed by atoms with E-state index in [-0.39, 0.29) is 6.04 Å². The summed E-state index contributed by atoms with van der Waals surface area (Å²) in [6.07, 6.45) is 1.11. The Balaban J connectivity index is 1.67. The summed E-state index contributed by atoms with van der Waals surface area (Å²) in [5.74, 6) is 0.999. The predicted octanol–water partition coefficient (Wildman–Crippen LogP) is 4.04. The number of H-pyrrole nitrogens is 1. The van der Waals surface area contributed by atoms with E-state index in [0.717, 1.165) is 29.8 Å². The van der Waals surface area contributed by atoms with E-state index in [9.17, 15) is 0 Å². The monoisotopic (exact) mass is 285 g/mol. The van der Waals surface area contributed by atoms with Crippen LogP contribution in [0.15, 0.2) is 36.4 Å². The van der Waals surface area contributed by atoms with Crippen molar-refractivity contribution in [3.63, 3.8) is 0 Å². The Morgan fingerprint density at radius 3 is 2.75 bits per heavy atom. The number of nitrogens with zero attached hydrogens (tertiary/aromatic N) is 1. The molecule has 0 aliphatic rings. The SMILES string of the molecule is CCc1ccc(CNC(C)c2nc3ccccc3[nH]2)s1. The maximum Gasteiger partial charge on any atom is 0.124 e. The van der Waals surface area contributed by atoms with Gasteiger partial charge in [0.15, 0.2) is 0 Å². The predicted molar refractivity (Wildman–Crippen MR) is 85.0 cm³/mol. The minimum absolute atomic E-state index is 0.217. The minimum Gasteiger partial charge on any atom is -0.341 e. The van der Waals surface area contributed by atoms with E-state index in [0.29, 0.717) is 0 Å². The van der Waals surface area contributed by atoms with Crippen molar-refractivity contribution in [3.8, 4) is 0 Å². The number of rotatable bonds is 5. The van der Waals surface area contributed by atoms with Crippen molar-refractivity contribution < 1.29 is 0 Å². The molecule has 2 heterocycles. The molecule has 3 rings (SSSR count). The van der Waals surface area contributed by atoms with Crippen molar-refractivity contribution in [1.82, 2.24) is 15.3 Å². The molecular formula is C16H19N3S. The van der Waals surface area contributed by atoms with Crippen molar-refractivity contribution in [1.29, 1.82) is 0 Å². The number of aryl methyl sites for hydroxylation is 1. The normalized spacial score (nSPS) is 12.9. The van der Waals surface area contributed by atoms with Crippen LogP contribution in [0.25, 0.3) is 11.0 Å². The Labute approximate surface area is 123 Å². The molecule has 0 spiro atoms. The van der Waals surface area contributed by atoms with Crippen LogP contribution >= 0.6 is 11.3 Å². The number of hydrogen-bond donors (Lipinski definition) is 2. The number of para-hydroxylation sites is 2. The van der Waals surface area contributed by atoms with Gasteiger partial charge >= 0.3 is 0 Å². The summed E-state index contributed by atoms with van der Waals surface area (Å²) < 4.78 is 0. The highest BCUT2D eigenvalue weighted by Crippen LogP contribution is 2.19. The molecule has 0 fully saturated rings. The summed E-state index contributed by atoms with van der Waals surface area (Å²) in [5.41, 5.74) is 2.13. The van der Waals surface area contributed by atoms with Crippen LogP contribution in [0.3, 0.4) is 0 Å². The Bertz CT molecular complexity index is 665. The number of nitrogens with one attached hydrogen (secondary N) is 2. The van der Waals surface area contributed by atoms with Crippen LogP contribution in [0.4, 0.5) is 0 Å². The average Bonchev–Trinajstić information content (AvgIpc) is 3.10. The van der Waals surface area contributed by atoms with E-state index in [1.54, 1.807) is 0 Å². The van der Waals surface area contributed by atoms with Gasteiger partial charge in [0.05, 0.1) is 17.1 Å². The van der Waals surface area contributed by atoms with E-state index in [1.807, 2.05) is 29.5 Å². The lowest BCUT2D eigenvalue weighted by atomic mass is 10.3. The number of imidazole rings is 1. The third-order valence-electron chi connectivity index (χ3n) is 3.47. The third-order valence-corrected chi connectivity index (χ3v) is 4.70. The van der Waals surface area contributed by atoms with Crippen molar-refractivity contribution in [2.75, 3.05) is 0 Å². The first kappa shape index (κ1) is 13.3. The van der Waals surface area contributed by atoms with Crippen molar-refractivity contribution >= 4 is 22.4 Å². The highest BCUT2D eigenvalue weighted by atomic mass is 32.1. The van der Waals surface area contributed by atoms with Gasteiger partial charge in [-0.2, -0.15) is 0 Å². The van der Waals surface area contributed by atoms with Crippen molar-refractivity contribution in [3.05, 3.63) is 52.0 Å². The molecule has 1 atom stereocenters. The van der Waals surface area contributed by atoms with Gasteiger partial charge in [-0.25, -0.2) is 4.98 Å². The molecule has 0 amide bonds. The standard InChI is InChI=1S/C16H19N3S/c1-3-12-8-9-13(20-12)10-17-11(2)16-18-14-6-4-5-7-15(14)19-16/h4-9,11,17H,3,10H2,1-2H3,(H,18,19). The van der Waals surface area contributed by atoms with Crippen molar-refractivity contribution in [2.45, 2.75) is 32.9 Å². The number of hydrogen-bond acceptors (Lipinski definition) is 3. The van der Waals surface area contributed by atoms with E-state index in [4.69, 9.17) is 0 Å². The highest BCUT2D eigenvalue weighted by molar-refractivity contribution is 7.11. The first-order valence-corrected chi connectivity index (χ1v) is 7.83. The minimum atomic E-state index is 0.217. The summed E-state index contributed by atoms with van der Waals surface area (Å²) in [4.78, 5) is 10.8. The van der Waals surface area contributed by atoms with Crippen molar-refractivity contribution in [2.24, 2.45) is 0 Å². The van der Waals surface area contributed by atoms with Crippen LogP contribution in [-0.4, -0.2) is 9.97 Å². The smallest absolute Gasteiger partial charge is 0.124 e. The summed E-state index contributed by atoms with van der Waals surface area (Å²) >= 11 is 1.88. The lowest BCUT2D eigenvalue weighted by molar-refractivity contribution is 0.556. The van der Waals surface area contributed by atoms with E-state index >= 15 is 0 Å². The molecule has 0 radical (unpaired) electrons. The summed E-state index contributed by atoms with van der Waals surface area (Å²) in [6, 6.07) is 12.8. The van der Waals surface area contributed by atoms with Crippen LogP contribution in [0.1, 0.15) is 35.5 Å². The van der Waals surface area contributed by atoms with E-state index in [2.05, 4.69) is 47.3 Å².